The third-order valence-corrected chi connectivity index (χ3v) is 12.0. The minimum atomic E-state index is -1.62. The molecule has 0 aliphatic heterocycles. The quantitative estimate of drug-likeness (QED) is 0.0195. The van der Waals surface area contributed by atoms with Crippen LogP contribution in [-0.2, 0) is 33.3 Å². The number of esters is 2. The highest BCUT2D eigenvalue weighted by atomic mass is 16.7. The first kappa shape index (κ1) is 65.7. The van der Waals surface area contributed by atoms with Crippen molar-refractivity contribution in [3.8, 4) is 0 Å². The van der Waals surface area contributed by atoms with Crippen LogP contribution in [0.15, 0.2) is 72.9 Å². The lowest BCUT2D eigenvalue weighted by Crippen LogP contribution is -2.44. The summed E-state index contributed by atoms with van der Waals surface area (Å²) in [6.07, 6.45) is 62.4. The Morgan fingerprint density at radius 1 is 0.449 bits per heavy atom. The highest BCUT2D eigenvalue weighted by Gasteiger charge is 2.22. The van der Waals surface area contributed by atoms with Crippen molar-refractivity contribution in [3.05, 3.63) is 72.9 Å². The number of unbranched alkanes of at least 4 members (excludes halogenated alkanes) is 24. The van der Waals surface area contributed by atoms with E-state index < -0.39 is 24.3 Å². The fraction of sp³-hybridized carbons (Fsp3) is 0.750. The molecular formula is C60H105NO8. The van der Waals surface area contributed by atoms with Gasteiger partial charge in [-0.2, -0.15) is 0 Å². The summed E-state index contributed by atoms with van der Waals surface area (Å²) in [6, 6.07) is 0. The van der Waals surface area contributed by atoms with Gasteiger partial charge in [0.2, 0.25) is 0 Å². The van der Waals surface area contributed by atoms with E-state index in [2.05, 4.69) is 86.8 Å². The van der Waals surface area contributed by atoms with E-state index >= 15 is 0 Å². The van der Waals surface area contributed by atoms with Crippen molar-refractivity contribution in [1.82, 2.24) is 0 Å². The van der Waals surface area contributed by atoms with Crippen LogP contribution in [0.4, 0.5) is 0 Å². The molecule has 2 unspecified atom stereocenters. The van der Waals surface area contributed by atoms with Crippen molar-refractivity contribution >= 4 is 17.9 Å². The summed E-state index contributed by atoms with van der Waals surface area (Å²) >= 11 is 0. The van der Waals surface area contributed by atoms with Crippen LogP contribution in [0.2, 0.25) is 0 Å². The zero-order valence-corrected chi connectivity index (χ0v) is 45.2. The molecule has 0 spiro atoms. The number of nitrogens with zero attached hydrogens (tertiary/aromatic N) is 1. The third kappa shape index (κ3) is 52.4. The number of carboxylic acid groups (broad SMARTS) is 1. The summed E-state index contributed by atoms with van der Waals surface area (Å²) in [5, 5.41) is 11.7. The molecule has 0 aromatic heterocycles. The molecule has 0 saturated carbocycles. The second kappa shape index (κ2) is 51.1. The molecule has 0 heterocycles. The standard InChI is InChI=1S/C60H105NO8/c1-6-8-10-12-14-16-18-19-20-21-22-23-24-25-26-27-28-29-30-31-32-33-34-35-36-37-38-39-41-43-45-47-49-51-58(63)69-56(55-68-60(59(64)65)66-53-52-61(3,4)5)54-67-57(62)50-48-46-44-42-40-17-15-13-11-9-7-2/h8,10,14,16,19-20,22-23,25-26,28-29,56,60H,6-7,9,11-13,15,17-18,21,24,27,30-55H2,1-5H3/b10-8-,16-14-,20-19-,23-22-,26-25-,29-28-. The lowest BCUT2D eigenvalue weighted by atomic mass is 10.0. The number of carbonyl (C=O) groups excluding carboxylic acids is 3. The van der Waals surface area contributed by atoms with Crippen molar-refractivity contribution in [2.24, 2.45) is 0 Å². The largest absolute Gasteiger partial charge is 0.545 e. The van der Waals surface area contributed by atoms with Gasteiger partial charge >= 0.3 is 11.9 Å². The van der Waals surface area contributed by atoms with Crippen molar-refractivity contribution in [1.29, 1.82) is 0 Å². The molecule has 2 atom stereocenters. The Hall–Kier alpha value is -3.27. The number of aliphatic carboxylic acids is 1. The Balaban J connectivity index is 4.11. The van der Waals surface area contributed by atoms with E-state index in [4.69, 9.17) is 18.9 Å². The van der Waals surface area contributed by atoms with Gasteiger partial charge in [0.1, 0.15) is 13.2 Å². The minimum absolute atomic E-state index is 0.147. The van der Waals surface area contributed by atoms with Crippen molar-refractivity contribution < 1.29 is 42.9 Å². The van der Waals surface area contributed by atoms with Gasteiger partial charge in [-0.1, -0.05) is 228 Å². The molecule has 0 aromatic carbocycles. The SMILES string of the molecule is CC/C=C\C/C=C\C/C=C\C/C=C\C/C=C\C/C=C\CCCCCCCCCCCCCCCCC(=O)OC(COC(=O)CCCCCCCCCCCCC)COC(OCC[N+](C)(C)C)C(=O)[O-]. The van der Waals surface area contributed by atoms with E-state index in [1.807, 2.05) is 21.1 Å². The van der Waals surface area contributed by atoms with Gasteiger partial charge < -0.3 is 33.3 Å². The van der Waals surface area contributed by atoms with Gasteiger partial charge in [-0.3, -0.25) is 9.59 Å². The molecule has 9 nitrogen and oxygen atoms in total. The number of carboxylic acids is 1. The van der Waals surface area contributed by atoms with E-state index in [-0.39, 0.29) is 32.2 Å². The summed E-state index contributed by atoms with van der Waals surface area (Å²) in [5.74, 6) is -2.28. The van der Waals surface area contributed by atoms with Crippen LogP contribution in [0.5, 0.6) is 0 Å². The van der Waals surface area contributed by atoms with Gasteiger partial charge in [0, 0.05) is 12.8 Å². The monoisotopic (exact) mass is 968 g/mol. The minimum Gasteiger partial charge on any atom is -0.545 e. The van der Waals surface area contributed by atoms with Crippen LogP contribution in [0.25, 0.3) is 0 Å². The molecule has 398 valence electrons. The Morgan fingerprint density at radius 2 is 0.826 bits per heavy atom. The number of hydrogen-bond donors (Lipinski definition) is 0. The van der Waals surface area contributed by atoms with E-state index in [0.29, 0.717) is 23.9 Å². The number of likely N-dealkylation sites (N-methyl/N-ethyl adjacent to an activating group) is 1. The lowest BCUT2D eigenvalue weighted by Gasteiger charge is -2.26. The fourth-order valence-electron chi connectivity index (χ4n) is 7.66. The molecule has 69 heavy (non-hydrogen) atoms. The highest BCUT2D eigenvalue weighted by molar-refractivity contribution is 5.70. The molecular weight excluding hydrogens is 863 g/mol. The predicted molar refractivity (Wildman–Crippen MR) is 288 cm³/mol. The van der Waals surface area contributed by atoms with Crippen LogP contribution in [0.3, 0.4) is 0 Å². The van der Waals surface area contributed by atoms with Crippen LogP contribution in [0.1, 0.15) is 232 Å². The first-order valence-corrected chi connectivity index (χ1v) is 28.1. The second-order valence-electron chi connectivity index (χ2n) is 19.9. The first-order chi connectivity index (χ1) is 33.6. The average Bonchev–Trinajstić information content (AvgIpc) is 3.31. The van der Waals surface area contributed by atoms with Gasteiger partial charge in [0.05, 0.1) is 40.3 Å². The maximum Gasteiger partial charge on any atom is 0.306 e. The van der Waals surface area contributed by atoms with Gasteiger partial charge in [-0.15, -0.1) is 0 Å². The van der Waals surface area contributed by atoms with Crippen molar-refractivity contribution in [2.75, 3.05) is 47.5 Å². The van der Waals surface area contributed by atoms with E-state index in [9.17, 15) is 19.5 Å². The van der Waals surface area contributed by atoms with E-state index in [1.165, 1.54) is 122 Å². The number of hydrogen-bond acceptors (Lipinski definition) is 8. The molecule has 0 aliphatic carbocycles. The maximum absolute atomic E-state index is 12.8. The number of ether oxygens (including phenoxy) is 4. The zero-order chi connectivity index (χ0) is 50.6. The Labute approximate surface area is 424 Å². The van der Waals surface area contributed by atoms with Gasteiger partial charge in [0.25, 0.3) is 0 Å². The molecule has 0 bridgehead atoms. The summed E-state index contributed by atoms with van der Waals surface area (Å²) in [5.41, 5.74) is 0. The number of rotatable bonds is 51. The van der Waals surface area contributed by atoms with Crippen LogP contribution < -0.4 is 5.11 Å². The molecule has 0 fully saturated rings. The Morgan fingerprint density at radius 3 is 1.23 bits per heavy atom. The number of allylic oxidation sites excluding steroid dienone is 12. The predicted octanol–water partition coefficient (Wildman–Crippen LogP) is 14.9. The number of quaternary nitrogens is 1. The molecule has 0 aromatic rings. The topological polar surface area (TPSA) is 111 Å². The lowest BCUT2D eigenvalue weighted by molar-refractivity contribution is -0.870. The van der Waals surface area contributed by atoms with Crippen LogP contribution in [-0.4, -0.2) is 82.3 Å². The van der Waals surface area contributed by atoms with Crippen LogP contribution in [0, 0.1) is 0 Å². The summed E-state index contributed by atoms with van der Waals surface area (Å²) in [4.78, 5) is 37.1. The molecule has 0 amide bonds. The van der Waals surface area contributed by atoms with E-state index in [0.717, 1.165) is 77.0 Å². The summed E-state index contributed by atoms with van der Waals surface area (Å²) in [7, 11) is 5.92. The smallest absolute Gasteiger partial charge is 0.306 e. The fourth-order valence-corrected chi connectivity index (χ4v) is 7.66. The maximum atomic E-state index is 12.8. The van der Waals surface area contributed by atoms with Gasteiger partial charge in [-0.05, 0) is 64.2 Å². The first-order valence-electron chi connectivity index (χ1n) is 28.1. The highest BCUT2D eigenvalue weighted by Crippen LogP contribution is 2.16. The summed E-state index contributed by atoms with van der Waals surface area (Å²) < 4.78 is 22.6. The second-order valence-corrected chi connectivity index (χ2v) is 19.9. The van der Waals surface area contributed by atoms with Crippen LogP contribution >= 0.6 is 0 Å². The molecule has 0 rings (SSSR count). The molecule has 0 N–H and O–H groups in total. The number of carbonyl (C=O) groups is 3. The average molecular weight is 968 g/mol. The molecule has 0 saturated heterocycles. The summed E-state index contributed by atoms with van der Waals surface area (Å²) in [6.45, 7) is 4.63. The third-order valence-electron chi connectivity index (χ3n) is 12.0. The molecule has 9 heteroatoms. The molecule has 0 radical (unpaired) electrons. The Kier molecular flexibility index (Phi) is 48.7. The zero-order valence-electron chi connectivity index (χ0n) is 45.2. The van der Waals surface area contributed by atoms with E-state index in [1.54, 1.807) is 0 Å². The van der Waals surface area contributed by atoms with Gasteiger partial charge in [0.15, 0.2) is 12.4 Å². The van der Waals surface area contributed by atoms with Crippen molar-refractivity contribution in [2.45, 2.75) is 245 Å². The molecule has 0 aliphatic rings. The van der Waals surface area contributed by atoms with Gasteiger partial charge in [-0.25, -0.2) is 0 Å². The normalized spacial score (nSPS) is 13.3. The Bertz CT molecular complexity index is 1360. The van der Waals surface area contributed by atoms with Crippen molar-refractivity contribution in [3.63, 3.8) is 0 Å².